The Kier molecular flexibility index (Phi) is 13.9. The van der Waals surface area contributed by atoms with Crippen molar-refractivity contribution >= 4 is 109 Å². The first-order valence-corrected chi connectivity index (χ1v) is 38.3. The van der Waals surface area contributed by atoms with E-state index in [9.17, 15) is 0 Å². The molecule has 0 atom stereocenters. The summed E-state index contributed by atoms with van der Waals surface area (Å²) in [7, 11) is 0. The molecule has 0 bridgehead atoms. The molecule has 0 spiro atoms. The summed E-state index contributed by atoms with van der Waals surface area (Å²) in [6, 6.07) is 143. The summed E-state index contributed by atoms with van der Waals surface area (Å²) in [5.41, 5.74) is 35.5. The first kappa shape index (κ1) is 61.9. The highest BCUT2D eigenvalue weighted by molar-refractivity contribution is 6.17. The highest BCUT2D eigenvalue weighted by Gasteiger charge is 2.25. The first-order valence-electron chi connectivity index (χ1n) is 38.3. The molecule has 0 saturated heterocycles. The van der Waals surface area contributed by atoms with Crippen molar-refractivity contribution in [1.29, 1.82) is 0 Å². The second-order valence-corrected chi connectivity index (χ2v) is 29.8. The van der Waals surface area contributed by atoms with Crippen molar-refractivity contribution in [2.75, 3.05) is 0 Å². The van der Waals surface area contributed by atoms with Crippen molar-refractivity contribution in [1.82, 2.24) is 18.3 Å². The lowest BCUT2D eigenvalue weighted by Crippen LogP contribution is -1.96. The topological polar surface area (TPSA) is 19.7 Å². The van der Waals surface area contributed by atoms with Crippen LogP contribution in [0.4, 0.5) is 0 Å². The molecule has 4 nitrogen and oxygen atoms in total. The van der Waals surface area contributed by atoms with E-state index < -0.39 is 0 Å². The minimum Gasteiger partial charge on any atom is -0.309 e. The molecule has 0 fully saturated rings. The molecule has 4 heterocycles. The second kappa shape index (κ2) is 24.6. The Labute approximate surface area is 635 Å². The highest BCUT2D eigenvalue weighted by atomic mass is 15.0. The molecule has 4 heteroatoms. The summed E-state index contributed by atoms with van der Waals surface area (Å²) in [5, 5.41) is 15.1. The van der Waals surface area contributed by atoms with Crippen molar-refractivity contribution < 1.29 is 0 Å². The smallest absolute Gasteiger partial charge is 0.0541 e. The fourth-order valence-corrected chi connectivity index (χ4v) is 18.9. The number of fused-ring (bicyclic) bond motifs is 20. The van der Waals surface area contributed by atoms with Gasteiger partial charge in [0.1, 0.15) is 0 Å². The van der Waals surface area contributed by atoms with E-state index in [0.717, 1.165) is 12.8 Å². The normalized spacial score (nSPS) is 12.3. The van der Waals surface area contributed by atoms with Gasteiger partial charge in [0.05, 0.1) is 55.5 Å². The molecule has 22 aromatic rings. The Bertz CT molecular complexity index is 7130. The van der Waals surface area contributed by atoms with Gasteiger partial charge >= 0.3 is 0 Å². The van der Waals surface area contributed by atoms with Gasteiger partial charge in [0.25, 0.3) is 0 Å². The van der Waals surface area contributed by atoms with E-state index in [1.54, 1.807) is 0 Å². The number of para-hydroxylation sites is 4. The molecule has 0 aliphatic heterocycles. The third-order valence-electron chi connectivity index (χ3n) is 23.9. The Balaban J connectivity index is 0.000000133. The lowest BCUT2D eigenvalue weighted by atomic mass is 9.97. The molecular formula is C106H68N4. The Morgan fingerprint density at radius 1 is 0.145 bits per heavy atom. The fourth-order valence-electron chi connectivity index (χ4n) is 18.9. The molecule has 0 amide bonds. The molecule has 512 valence electrons. The summed E-state index contributed by atoms with van der Waals surface area (Å²) < 4.78 is 9.80. The zero-order valence-corrected chi connectivity index (χ0v) is 60.2. The minimum absolute atomic E-state index is 0.986. The molecular weight excluding hydrogens is 1330 g/mol. The number of hydrogen-bond acceptors (Lipinski definition) is 0. The predicted molar refractivity (Wildman–Crippen MR) is 463 cm³/mol. The van der Waals surface area contributed by atoms with Crippen LogP contribution in [0.5, 0.6) is 0 Å². The van der Waals surface area contributed by atoms with Crippen molar-refractivity contribution in [3.63, 3.8) is 0 Å². The quantitative estimate of drug-likeness (QED) is 0.144. The van der Waals surface area contributed by atoms with E-state index in [2.05, 4.69) is 407 Å². The van der Waals surface area contributed by atoms with Gasteiger partial charge in [0.15, 0.2) is 0 Å². The molecule has 0 saturated carbocycles. The number of nitrogens with zero attached hydrogens (tertiary/aromatic N) is 4. The maximum atomic E-state index is 2.45. The number of hydrogen-bond donors (Lipinski definition) is 0. The molecule has 0 N–H and O–H groups in total. The lowest BCUT2D eigenvalue weighted by molar-refractivity contribution is 1.16. The van der Waals surface area contributed by atoms with E-state index in [1.165, 1.54) is 221 Å². The van der Waals surface area contributed by atoms with Crippen LogP contribution in [0.15, 0.2) is 388 Å². The van der Waals surface area contributed by atoms with Crippen molar-refractivity contribution in [3.8, 4) is 89.5 Å². The molecule has 18 aromatic carbocycles. The Morgan fingerprint density at radius 3 is 0.791 bits per heavy atom. The fraction of sp³-hybridized carbons (Fsp3) is 0.0189. The van der Waals surface area contributed by atoms with Gasteiger partial charge in [-0.05, 0) is 222 Å². The standard InChI is InChI=1S/C56H36N2.C50H32N2/c1-3-15-37(16-4-1)41-29-33-53(45-21-9-7-19-43(41)45)57-51-25-13-11-23-47(51)49-35-39(27-31-55(49)57)40-28-32-56-50(36-40)48-24-12-14-26-52(48)58(56)54-34-30-42(38-17-5-2-6-18-38)44-20-8-10-22-46(44)54;1-3-11-39-33(9-1)25-35-27-37(19-21-41(35)39)51-47-15-7-5-13-43(47)45-29-31(17-23-49(45)51)32-18-24-50-46(30-32)44-14-6-8-16-48(44)52(50)38-20-22-42-36(28-38)26-34-10-2-4-12-40(34)42/h1-36H;1-24,27-30H,25-26H2. The van der Waals surface area contributed by atoms with Crippen molar-refractivity contribution in [2.24, 2.45) is 0 Å². The van der Waals surface area contributed by atoms with Crippen LogP contribution in [0, 0.1) is 0 Å². The van der Waals surface area contributed by atoms with Crippen LogP contribution in [-0.2, 0) is 12.8 Å². The van der Waals surface area contributed by atoms with E-state index in [4.69, 9.17) is 0 Å². The van der Waals surface area contributed by atoms with Gasteiger partial charge in [0, 0.05) is 65.2 Å². The van der Waals surface area contributed by atoms with Crippen LogP contribution in [-0.4, -0.2) is 18.3 Å². The molecule has 2 aliphatic rings. The number of benzene rings is 18. The van der Waals surface area contributed by atoms with Gasteiger partial charge in [0.2, 0.25) is 0 Å². The van der Waals surface area contributed by atoms with E-state index in [1.807, 2.05) is 0 Å². The summed E-state index contributed by atoms with van der Waals surface area (Å²) in [4.78, 5) is 0. The summed E-state index contributed by atoms with van der Waals surface area (Å²) in [6.07, 6.45) is 1.97. The van der Waals surface area contributed by atoms with Crippen LogP contribution >= 0.6 is 0 Å². The zero-order valence-electron chi connectivity index (χ0n) is 60.2. The molecule has 0 radical (unpaired) electrons. The molecule has 110 heavy (non-hydrogen) atoms. The van der Waals surface area contributed by atoms with Crippen LogP contribution in [0.1, 0.15) is 22.3 Å². The Hall–Kier alpha value is -14.3. The maximum absolute atomic E-state index is 2.45. The van der Waals surface area contributed by atoms with Crippen molar-refractivity contribution in [3.05, 3.63) is 411 Å². The molecule has 2 aliphatic carbocycles. The van der Waals surface area contributed by atoms with E-state index in [-0.39, 0.29) is 0 Å². The summed E-state index contributed by atoms with van der Waals surface area (Å²) in [6.45, 7) is 0. The largest absolute Gasteiger partial charge is 0.309 e. The molecule has 0 unspecified atom stereocenters. The lowest BCUT2D eigenvalue weighted by Gasteiger charge is -2.15. The average molecular weight is 1400 g/mol. The van der Waals surface area contributed by atoms with E-state index >= 15 is 0 Å². The van der Waals surface area contributed by atoms with Crippen LogP contribution in [0.2, 0.25) is 0 Å². The summed E-state index contributed by atoms with van der Waals surface area (Å²) >= 11 is 0. The predicted octanol–water partition coefficient (Wildman–Crippen LogP) is 27.9. The monoisotopic (exact) mass is 1400 g/mol. The first-order chi connectivity index (χ1) is 54.6. The van der Waals surface area contributed by atoms with Gasteiger partial charge in [-0.1, -0.05) is 279 Å². The second-order valence-electron chi connectivity index (χ2n) is 29.8. The van der Waals surface area contributed by atoms with Crippen molar-refractivity contribution in [2.45, 2.75) is 12.8 Å². The zero-order chi connectivity index (χ0) is 72.1. The SMILES string of the molecule is c1ccc(-c2ccc(-n3c4ccccc4c4cc(-c5ccc6c(c5)c5ccccc5n6-c5ccc(-c6ccccc6)c6ccccc56)ccc43)c3ccccc23)cc1.c1ccc2c(c1)Cc1cc(-n3c4ccccc4c4cc(-c5ccc6c(c5)c5ccccc5n6-c5ccc6c(c5)Cc5ccccc5-6)ccc43)ccc1-2. The van der Waals surface area contributed by atoms with Gasteiger partial charge in [-0.2, -0.15) is 0 Å². The van der Waals surface area contributed by atoms with Crippen LogP contribution in [0.3, 0.4) is 0 Å². The molecule has 4 aromatic heterocycles. The van der Waals surface area contributed by atoms with Gasteiger partial charge < -0.3 is 18.3 Å². The maximum Gasteiger partial charge on any atom is 0.0541 e. The van der Waals surface area contributed by atoms with Crippen LogP contribution in [0.25, 0.3) is 198 Å². The summed E-state index contributed by atoms with van der Waals surface area (Å²) in [5.74, 6) is 0. The van der Waals surface area contributed by atoms with Gasteiger partial charge in [-0.15, -0.1) is 0 Å². The highest BCUT2D eigenvalue weighted by Crippen LogP contribution is 2.47. The van der Waals surface area contributed by atoms with Gasteiger partial charge in [-0.3, -0.25) is 0 Å². The third-order valence-corrected chi connectivity index (χ3v) is 23.9. The number of rotatable bonds is 8. The molecule has 24 rings (SSSR count). The van der Waals surface area contributed by atoms with Crippen LogP contribution < -0.4 is 0 Å². The minimum atomic E-state index is 0.986. The average Bonchev–Trinajstić information content (AvgIpc) is 1.56. The Morgan fingerprint density at radius 2 is 0.418 bits per heavy atom. The third kappa shape index (κ3) is 9.59. The number of aromatic nitrogens is 4. The van der Waals surface area contributed by atoms with Gasteiger partial charge in [-0.25, -0.2) is 0 Å². The van der Waals surface area contributed by atoms with E-state index in [0.29, 0.717) is 0 Å².